The van der Waals surface area contributed by atoms with Gasteiger partial charge in [0.25, 0.3) is 0 Å². The van der Waals surface area contributed by atoms with E-state index in [1.165, 1.54) is 5.56 Å². The number of benzene rings is 2. The highest BCUT2D eigenvalue weighted by Gasteiger charge is 2.17. The van der Waals surface area contributed by atoms with Crippen LogP contribution in [-0.4, -0.2) is 10.5 Å². The van der Waals surface area contributed by atoms with E-state index in [4.69, 9.17) is 17.4 Å². The summed E-state index contributed by atoms with van der Waals surface area (Å²) < 4.78 is 2.21. The first-order valence-electron chi connectivity index (χ1n) is 7.40. The number of carbonyl (C=O) groups is 1. The lowest BCUT2D eigenvalue weighted by molar-refractivity contribution is -0.120. The van der Waals surface area contributed by atoms with E-state index in [1.807, 2.05) is 43.3 Å². The fourth-order valence-corrected chi connectivity index (χ4v) is 3.10. The van der Waals surface area contributed by atoms with Gasteiger partial charge in [0.15, 0.2) is 0 Å². The molecule has 0 saturated heterocycles. The normalized spacial score (nSPS) is 10.9. The summed E-state index contributed by atoms with van der Waals surface area (Å²) in [7, 11) is 0. The van der Waals surface area contributed by atoms with Crippen LogP contribution < -0.4 is 11.3 Å². The minimum atomic E-state index is -0.216. The van der Waals surface area contributed by atoms with Crippen molar-refractivity contribution in [3.8, 4) is 0 Å². The summed E-state index contributed by atoms with van der Waals surface area (Å²) in [4.78, 5) is 11.8. The Balaban J connectivity index is 2.13. The van der Waals surface area contributed by atoms with E-state index in [9.17, 15) is 4.79 Å². The number of nitrogens with zero attached hydrogens (tertiary/aromatic N) is 1. The Bertz CT molecular complexity index is 856. The summed E-state index contributed by atoms with van der Waals surface area (Å²) in [6.45, 7) is 2.77. The van der Waals surface area contributed by atoms with Crippen LogP contribution in [0.5, 0.6) is 0 Å². The Morgan fingerprint density at radius 2 is 1.96 bits per heavy atom. The minimum absolute atomic E-state index is 0.216. The maximum atomic E-state index is 11.8. The van der Waals surface area contributed by atoms with Gasteiger partial charge in [-0.05, 0) is 36.2 Å². The van der Waals surface area contributed by atoms with Crippen LogP contribution in [-0.2, 0) is 17.8 Å². The summed E-state index contributed by atoms with van der Waals surface area (Å²) in [6.07, 6.45) is 0.237. The highest BCUT2D eigenvalue weighted by Crippen LogP contribution is 2.29. The Morgan fingerprint density at radius 3 is 2.65 bits per heavy atom. The van der Waals surface area contributed by atoms with Gasteiger partial charge in [-0.25, -0.2) is 5.84 Å². The zero-order chi connectivity index (χ0) is 16.4. The van der Waals surface area contributed by atoms with Crippen molar-refractivity contribution in [1.82, 2.24) is 9.99 Å². The van der Waals surface area contributed by atoms with Crippen LogP contribution >= 0.6 is 11.6 Å². The Hall–Kier alpha value is -2.30. The van der Waals surface area contributed by atoms with Crippen molar-refractivity contribution >= 4 is 28.4 Å². The zero-order valence-electron chi connectivity index (χ0n) is 12.8. The molecule has 0 fully saturated rings. The molecular weight excluding hydrogens is 310 g/mol. The van der Waals surface area contributed by atoms with Crippen molar-refractivity contribution in [3.63, 3.8) is 0 Å². The third-order valence-corrected chi connectivity index (χ3v) is 4.33. The summed E-state index contributed by atoms with van der Waals surface area (Å²) in [5.74, 6) is 5.03. The number of hydrogen-bond donors (Lipinski definition) is 2. The predicted octanol–water partition coefficient (Wildman–Crippen LogP) is 3.18. The average Bonchev–Trinajstić information content (AvgIpc) is 2.81. The number of nitrogens with two attached hydrogens (primary N) is 1. The summed E-state index contributed by atoms with van der Waals surface area (Å²) in [6, 6.07) is 16.0. The second kappa shape index (κ2) is 6.44. The molecule has 0 aliphatic rings. The molecule has 5 heteroatoms. The van der Waals surface area contributed by atoms with Gasteiger partial charge in [0.1, 0.15) is 0 Å². The van der Waals surface area contributed by atoms with Crippen molar-refractivity contribution < 1.29 is 4.79 Å². The number of carbonyl (C=O) groups excluding carboxylic acids is 1. The maximum Gasteiger partial charge on any atom is 0.238 e. The van der Waals surface area contributed by atoms with Gasteiger partial charge in [-0.15, -0.1) is 0 Å². The van der Waals surface area contributed by atoms with Gasteiger partial charge in [-0.2, -0.15) is 0 Å². The highest BCUT2D eigenvalue weighted by atomic mass is 35.5. The van der Waals surface area contributed by atoms with Crippen molar-refractivity contribution in [2.45, 2.75) is 19.9 Å². The number of nitrogens with one attached hydrogen (secondary N) is 1. The van der Waals surface area contributed by atoms with Crippen LogP contribution in [0.3, 0.4) is 0 Å². The molecule has 1 aromatic heterocycles. The molecule has 3 aromatic rings. The van der Waals surface area contributed by atoms with Crippen LogP contribution in [0.2, 0.25) is 5.02 Å². The van der Waals surface area contributed by atoms with Gasteiger partial charge in [0.2, 0.25) is 5.91 Å². The first-order chi connectivity index (χ1) is 11.1. The molecule has 118 valence electrons. The van der Waals surface area contributed by atoms with Gasteiger partial charge in [-0.3, -0.25) is 10.2 Å². The summed E-state index contributed by atoms with van der Waals surface area (Å²) in [5, 5.41) is 1.65. The standard InChI is InChI=1S/C18H18ClN3O/c1-12-15(10-18(23)21-20)16-9-14(19)7-8-17(16)22(12)11-13-5-3-2-4-6-13/h2-9H,10-11,20H2,1H3,(H,21,23). The van der Waals surface area contributed by atoms with Gasteiger partial charge in [0.05, 0.1) is 6.42 Å². The number of hydrazine groups is 1. The highest BCUT2D eigenvalue weighted by molar-refractivity contribution is 6.31. The molecule has 0 spiro atoms. The second-order valence-electron chi connectivity index (χ2n) is 5.54. The molecule has 0 bridgehead atoms. The predicted molar refractivity (Wildman–Crippen MR) is 93.3 cm³/mol. The molecule has 0 unspecified atom stereocenters. The van der Waals surface area contributed by atoms with Crippen LogP contribution in [0.25, 0.3) is 10.9 Å². The SMILES string of the molecule is Cc1c(CC(=O)NN)c2cc(Cl)ccc2n1Cc1ccccc1. The van der Waals surface area contributed by atoms with Crippen LogP contribution in [0, 0.1) is 6.92 Å². The molecule has 0 atom stereocenters. The number of fused-ring (bicyclic) bond motifs is 1. The minimum Gasteiger partial charge on any atom is -0.340 e. The maximum absolute atomic E-state index is 11.8. The Labute approximate surface area is 139 Å². The van der Waals surface area contributed by atoms with Crippen LogP contribution in [0.4, 0.5) is 0 Å². The fraction of sp³-hybridized carbons (Fsp3) is 0.167. The van der Waals surface area contributed by atoms with E-state index >= 15 is 0 Å². The third-order valence-electron chi connectivity index (χ3n) is 4.10. The molecule has 4 nitrogen and oxygen atoms in total. The lowest BCUT2D eigenvalue weighted by atomic mass is 10.1. The van der Waals surface area contributed by atoms with E-state index < -0.39 is 0 Å². The largest absolute Gasteiger partial charge is 0.340 e. The van der Waals surface area contributed by atoms with E-state index in [0.717, 1.165) is 28.7 Å². The average molecular weight is 328 g/mol. The number of hydrogen-bond acceptors (Lipinski definition) is 2. The first kappa shape index (κ1) is 15.6. The van der Waals surface area contributed by atoms with Gasteiger partial charge < -0.3 is 4.57 Å². The molecule has 0 saturated carbocycles. The fourth-order valence-electron chi connectivity index (χ4n) is 2.93. The third kappa shape index (κ3) is 3.09. The molecule has 2 aromatic carbocycles. The number of halogens is 1. The van der Waals surface area contributed by atoms with E-state index in [-0.39, 0.29) is 12.3 Å². The van der Waals surface area contributed by atoms with Crippen molar-refractivity contribution in [1.29, 1.82) is 0 Å². The molecule has 23 heavy (non-hydrogen) atoms. The molecular formula is C18H18ClN3O. The van der Waals surface area contributed by atoms with Crippen molar-refractivity contribution in [3.05, 3.63) is 70.4 Å². The summed E-state index contributed by atoms with van der Waals surface area (Å²) in [5.41, 5.74) is 6.48. The molecule has 1 heterocycles. The van der Waals surface area contributed by atoms with Crippen molar-refractivity contribution in [2.24, 2.45) is 5.84 Å². The monoisotopic (exact) mass is 327 g/mol. The number of aromatic nitrogens is 1. The molecule has 0 radical (unpaired) electrons. The zero-order valence-corrected chi connectivity index (χ0v) is 13.6. The van der Waals surface area contributed by atoms with E-state index in [2.05, 4.69) is 22.1 Å². The summed E-state index contributed by atoms with van der Waals surface area (Å²) >= 11 is 6.15. The topological polar surface area (TPSA) is 60.1 Å². The lowest BCUT2D eigenvalue weighted by Crippen LogP contribution is -2.31. The van der Waals surface area contributed by atoms with E-state index in [1.54, 1.807) is 0 Å². The second-order valence-corrected chi connectivity index (χ2v) is 5.98. The lowest BCUT2D eigenvalue weighted by Gasteiger charge is -2.09. The van der Waals surface area contributed by atoms with Gasteiger partial charge in [0, 0.05) is 28.2 Å². The molecule has 0 aliphatic heterocycles. The Kier molecular flexibility index (Phi) is 4.37. The molecule has 3 N–H and O–H groups in total. The number of rotatable bonds is 4. The van der Waals surface area contributed by atoms with Gasteiger partial charge >= 0.3 is 0 Å². The molecule has 0 aliphatic carbocycles. The smallest absolute Gasteiger partial charge is 0.238 e. The van der Waals surface area contributed by atoms with Crippen LogP contribution in [0.1, 0.15) is 16.8 Å². The van der Waals surface area contributed by atoms with E-state index in [0.29, 0.717) is 5.02 Å². The Morgan fingerprint density at radius 1 is 1.22 bits per heavy atom. The van der Waals surface area contributed by atoms with Crippen molar-refractivity contribution in [2.75, 3.05) is 0 Å². The first-order valence-corrected chi connectivity index (χ1v) is 7.78. The molecule has 1 amide bonds. The quantitative estimate of drug-likeness (QED) is 0.439. The molecule has 3 rings (SSSR count). The van der Waals surface area contributed by atoms with Crippen LogP contribution in [0.15, 0.2) is 48.5 Å². The number of amides is 1. The van der Waals surface area contributed by atoms with Gasteiger partial charge in [-0.1, -0.05) is 41.9 Å².